The van der Waals surface area contributed by atoms with E-state index in [1.54, 1.807) is 6.26 Å². The topological polar surface area (TPSA) is 29.5 Å². The molecule has 0 aromatic carbocycles. The Hall–Kier alpha value is -0.990. The normalized spacial score (nSPS) is 19.0. The molecule has 0 unspecified atom stereocenters. The lowest BCUT2D eigenvalue weighted by molar-refractivity contribution is -0.132. The van der Waals surface area contributed by atoms with Gasteiger partial charge in [0, 0.05) is 5.54 Å². The van der Waals surface area contributed by atoms with Crippen molar-refractivity contribution in [2.45, 2.75) is 47.1 Å². The molecule has 3 heteroatoms. The molecule has 1 amide bonds. The molecule has 16 heavy (non-hydrogen) atoms. The molecule has 1 aliphatic heterocycles. The summed E-state index contributed by atoms with van der Waals surface area (Å²) in [6.07, 6.45) is 1.63. The van der Waals surface area contributed by atoms with Crippen LogP contribution in [-0.4, -0.2) is 29.5 Å². The summed E-state index contributed by atoms with van der Waals surface area (Å²) in [4.78, 5) is 14.3. The quantitative estimate of drug-likeness (QED) is 0.634. The summed E-state index contributed by atoms with van der Waals surface area (Å²) in [5.41, 5.74) is 0.417. The number of rotatable bonds is 0. The first-order chi connectivity index (χ1) is 7.14. The summed E-state index contributed by atoms with van der Waals surface area (Å²) in [5.74, 6) is 0.0949. The standard InChI is InChI=1S/C13H23NO2/c1-12(2,3)10-9-16-8-7-14(11(10)15)13(4,5)6/h9H,7-8H2,1-6H3. The van der Waals surface area contributed by atoms with E-state index in [1.807, 2.05) is 25.7 Å². The third-order valence-corrected chi connectivity index (χ3v) is 2.73. The maximum atomic E-state index is 12.4. The fraction of sp³-hybridized carbons (Fsp3) is 0.769. The summed E-state index contributed by atoms with van der Waals surface area (Å²) in [6.45, 7) is 13.5. The third kappa shape index (κ3) is 2.77. The minimum Gasteiger partial charge on any atom is -0.499 e. The van der Waals surface area contributed by atoms with Crippen molar-refractivity contribution in [3.05, 3.63) is 11.8 Å². The van der Waals surface area contributed by atoms with Crippen molar-refractivity contribution in [2.24, 2.45) is 5.41 Å². The number of carbonyl (C=O) groups excluding carboxylic acids is 1. The van der Waals surface area contributed by atoms with E-state index in [2.05, 4.69) is 20.8 Å². The molecule has 0 spiro atoms. The minimum atomic E-state index is -0.176. The van der Waals surface area contributed by atoms with Gasteiger partial charge in [-0.15, -0.1) is 0 Å². The maximum absolute atomic E-state index is 12.4. The monoisotopic (exact) mass is 225 g/mol. The lowest BCUT2D eigenvalue weighted by Gasteiger charge is -2.36. The molecule has 0 saturated carbocycles. The molecule has 0 aromatic heterocycles. The molecule has 1 rings (SSSR count). The van der Waals surface area contributed by atoms with Crippen molar-refractivity contribution in [3.8, 4) is 0 Å². The Morgan fingerprint density at radius 1 is 1.19 bits per heavy atom. The maximum Gasteiger partial charge on any atom is 0.253 e. The summed E-state index contributed by atoms with van der Waals surface area (Å²) < 4.78 is 5.40. The highest BCUT2D eigenvalue weighted by molar-refractivity contribution is 5.95. The van der Waals surface area contributed by atoms with Crippen LogP contribution < -0.4 is 0 Å². The first-order valence-electron chi connectivity index (χ1n) is 5.78. The van der Waals surface area contributed by atoms with Gasteiger partial charge in [0.2, 0.25) is 0 Å². The van der Waals surface area contributed by atoms with Crippen LogP contribution in [0.4, 0.5) is 0 Å². The molecule has 0 fully saturated rings. The van der Waals surface area contributed by atoms with Crippen LogP contribution in [-0.2, 0) is 9.53 Å². The van der Waals surface area contributed by atoms with Gasteiger partial charge in [0.15, 0.2) is 0 Å². The van der Waals surface area contributed by atoms with E-state index in [0.717, 1.165) is 5.57 Å². The van der Waals surface area contributed by atoms with Gasteiger partial charge in [-0.3, -0.25) is 4.79 Å². The zero-order chi connectivity index (χ0) is 12.6. The predicted octanol–water partition coefficient (Wildman–Crippen LogP) is 2.57. The number of hydrogen-bond donors (Lipinski definition) is 0. The Kier molecular flexibility index (Phi) is 3.36. The Balaban J connectivity index is 3.05. The van der Waals surface area contributed by atoms with Gasteiger partial charge in [-0.1, -0.05) is 20.8 Å². The molecule has 0 saturated heterocycles. The van der Waals surface area contributed by atoms with E-state index < -0.39 is 0 Å². The Bertz CT molecular complexity index is 305. The summed E-state index contributed by atoms with van der Waals surface area (Å²) in [5, 5.41) is 0. The second kappa shape index (κ2) is 4.11. The van der Waals surface area contributed by atoms with Crippen LogP contribution in [0.2, 0.25) is 0 Å². The first kappa shape index (κ1) is 13.1. The van der Waals surface area contributed by atoms with Gasteiger partial charge in [0.1, 0.15) is 6.61 Å². The van der Waals surface area contributed by atoms with E-state index >= 15 is 0 Å². The van der Waals surface area contributed by atoms with Crippen LogP contribution in [0, 0.1) is 5.41 Å². The van der Waals surface area contributed by atoms with Gasteiger partial charge in [0.25, 0.3) is 5.91 Å². The van der Waals surface area contributed by atoms with E-state index in [-0.39, 0.29) is 16.9 Å². The predicted molar refractivity (Wildman–Crippen MR) is 65.0 cm³/mol. The third-order valence-electron chi connectivity index (χ3n) is 2.73. The van der Waals surface area contributed by atoms with Crippen molar-refractivity contribution in [1.29, 1.82) is 0 Å². The molecular formula is C13H23NO2. The number of nitrogens with zero attached hydrogens (tertiary/aromatic N) is 1. The molecule has 0 aromatic rings. The molecule has 0 bridgehead atoms. The Labute approximate surface area is 98.5 Å². The first-order valence-corrected chi connectivity index (χ1v) is 5.78. The molecule has 3 nitrogen and oxygen atoms in total. The highest BCUT2D eigenvalue weighted by Crippen LogP contribution is 2.30. The lowest BCUT2D eigenvalue weighted by atomic mass is 9.85. The van der Waals surface area contributed by atoms with Gasteiger partial charge >= 0.3 is 0 Å². The van der Waals surface area contributed by atoms with Crippen molar-refractivity contribution in [2.75, 3.05) is 13.2 Å². The Morgan fingerprint density at radius 3 is 2.19 bits per heavy atom. The van der Waals surface area contributed by atoms with Crippen molar-refractivity contribution in [1.82, 2.24) is 4.90 Å². The van der Waals surface area contributed by atoms with Crippen LogP contribution >= 0.6 is 0 Å². The van der Waals surface area contributed by atoms with Crippen molar-refractivity contribution in [3.63, 3.8) is 0 Å². The highest BCUT2D eigenvalue weighted by Gasteiger charge is 2.34. The smallest absolute Gasteiger partial charge is 0.253 e. The van der Waals surface area contributed by atoms with Crippen LogP contribution in [0.25, 0.3) is 0 Å². The molecule has 1 heterocycles. The van der Waals surface area contributed by atoms with Gasteiger partial charge in [-0.05, 0) is 26.2 Å². The van der Waals surface area contributed by atoms with Crippen molar-refractivity contribution >= 4 is 5.91 Å². The highest BCUT2D eigenvalue weighted by atomic mass is 16.5. The molecule has 0 radical (unpaired) electrons. The number of ether oxygens (including phenoxy) is 1. The van der Waals surface area contributed by atoms with E-state index in [0.29, 0.717) is 13.2 Å². The minimum absolute atomic E-state index is 0.0949. The van der Waals surface area contributed by atoms with Crippen molar-refractivity contribution < 1.29 is 9.53 Å². The second-order valence-corrected chi connectivity index (χ2v) is 6.28. The molecular weight excluding hydrogens is 202 g/mol. The van der Waals surface area contributed by atoms with Gasteiger partial charge in [0.05, 0.1) is 18.4 Å². The molecule has 0 aliphatic carbocycles. The van der Waals surface area contributed by atoms with Gasteiger partial charge in [-0.2, -0.15) is 0 Å². The number of carbonyl (C=O) groups is 1. The van der Waals surface area contributed by atoms with Crippen LogP contribution in [0.15, 0.2) is 11.8 Å². The number of amides is 1. The average Bonchev–Trinajstić information content (AvgIpc) is 2.23. The number of hydrogen-bond acceptors (Lipinski definition) is 2. The SMILES string of the molecule is CC(C)(C)C1=COCCN(C(C)(C)C)C1=O. The molecule has 0 N–H and O–H groups in total. The van der Waals surface area contributed by atoms with Gasteiger partial charge < -0.3 is 9.64 Å². The fourth-order valence-electron chi connectivity index (χ4n) is 1.72. The molecule has 1 aliphatic rings. The van der Waals surface area contributed by atoms with Crippen LogP contribution in [0.3, 0.4) is 0 Å². The lowest BCUT2D eigenvalue weighted by Crippen LogP contribution is -2.48. The molecule has 0 atom stereocenters. The van der Waals surface area contributed by atoms with E-state index in [4.69, 9.17) is 4.74 Å². The summed E-state index contributed by atoms with van der Waals surface area (Å²) in [7, 11) is 0. The van der Waals surface area contributed by atoms with Crippen LogP contribution in [0.5, 0.6) is 0 Å². The van der Waals surface area contributed by atoms with Crippen LogP contribution in [0.1, 0.15) is 41.5 Å². The largest absolute Gasteiger partial charge is 0.499 e. The van der Waals surface area contributed by atoms with E-state index in [9.17, 15) is 4.79 Å². The summed E-state index contributed by atoms with van der Waals surface area (Å²) >= 11 is 0. The fourth-order valence-corrected chi connectivity index (χ4v) is 1.72. The summed E-state index contributed by atoms with van der Waals surface area (Å²) in [6, 6.07) is 0. The molecule has 92 valence electrons. The van der Waals surface area contributed by atoms with Gasteiger partial charge in [-0.25, -0.2) is 0 Å². The average molecular weight is 225 g/mol. The Morgan fingerprint density at radius 2 is 1.75 bits per heavy atom. The second-order valence-electron chi connectivity index (χ2n) is 6.28. The zero-order valence-electron chi connectivity index (χ0n) is 11.3. The zero-order valence-corrected chi connectivity index (χ0v) is 11.3. The van der Waals surface area contributed by atoms with E-state index in [1.165, 1.54) is 0 Å².